The van der Waals surface area contributed by atoms with Crippen LogP contribution < -0.4 is 5.73 Å². The molecule has 0 bridgehead atoms. The molecule has 5 nitrogen and oxygen atoms in total. The van der Waals surface area contributed by atoms with Crippen LogP contribution in [0.1, 0.15) is 39.5 Å². The molecule has 3 N–H and O–H groups in total. The van der Waals surface area contributed by atoms with Gasteiger partial charge in [0.1, 0.15) is 0 Å². The highest BCUT2D eigenvalue weighted by molar-refractivity contribution is 5.79. The van der Waals surface area contributed by atoms with Crippen LogP contribution in [0, 0.1) is 5.92 Å². The van der Waals surface area contributed by atoms with E-state index in [4.69, 9.17) is 5.73 Å². The van der Waals surface area contributed by atoms with Gasteiger partial charge in [-0.15, -0.1) is 0 Å². The van der Waals surface area contributed by atoms with Gasteiger partial charge in [-0.3, -0.25) is 4.79 Å². The molecule has 0 spiro atoms. The highest BCUT2D eigenvalue weighted by atomic mass is 16.3. The van der Waals surface area contributed by atoms with Crippen LogP contribution in [-0.2, 0) is 4.79 Å². The Morgan fingerprint density at radius 1 is 1.40 bits per heavy atom. The van der Waals surface area contributed by atoms with Gasteiger partial charge in [-0.25, -0.2) is 0 Å². The fraction of sp³-hybridized carbons (Fsp3) is 0.933. The van der Waals surface area contributed by atoms with Crippen molar-refractivity contribution in [1.29, 1.82) is 0 Å². The molecule has 1 aliphatic rings. The van der Waals surface area contributed by atoms with Crippen molar-refractivity contribution in [2.45, 2.75) is 57.7 Å². The maximum absolute atomic E-state index is 12.5. The Kier molecular flexibility index (Phi) is 6.92. The molecule has 1 amide bonds. The van der Waals surface area contributed by atoms with Gasteiger partial charge in [0.25, 0.3) is 0 Å². The minimum atomic E-state index is -0.375. The third-order valence-electron chi connectivity index (χ3n) is 3.97. The second kappa shape index (κ2) is 7.96. The lowest BCUT2D eigenvalue weighted by molar-refractivity contribution is -0.136. The van der Waals surface area contributed by atoms with Gasteiger partial charge in [0.15, 0.2) is 0 Å². The van der Waals surface area contributed by atoms with E-state index in [0.29, 0.717) is 13.0 Å². The van der Waals surface area contributed by atoms with E-state index in [9.17, 15) is 9.90 Å². The summed E-state index contributed by atoms with van der Waals surface area (Å²) in [5, 5.41) is 9.83. The number of likely N-dealkylation sites (tertiary alicyclic amines) is 1. The zero-order chi connectivity index (χ0) is 15.3. The van der Waals surface area contributed by atoms with Gasteiger partial charge < -0.3 is 20.6 Å². The number of β-amino-alcohol motifs (C(OH)–C–C–N with tert-alkyl or cyclic N) is 1. The van der Waals surface area contributed by atoms with E-state index in [1.165, 1.54) is 0 Å². The molecule has 0 aliphatic carbocycles. The van der Waals surface area contributed by atoms with Crippen LogP contribution in [-0.4, -0.2) is 66.2 Å². The zero-order valence-electron chi connectivity index (χ0n) is 13.4. The number of hydrogen-bond donors (Lipinski definition) is 2. The molecular weight excluding hydrogens is 254 g/mol. The molecule has 0 saturated carbocycles. The van der Waals surface area contributed by atoms with Gasteiger partial charge in [0, 0.05) is 31.1 Å². The van der Waals surface area contributed by atoms with E-state index in [0.717, 1.165) is 25.8 Å². The molecule has 5 heteroatoms. The monoisotopic (exact) mass is 285 g/mol. The second-order valence-electron chi connectivity index (χ2n) is 6.61. The van der Waals surface area contributed by atoms with Crippen LogP contribution >= 0.6 is 0 Å². The van der Waals surface area contributed by atoms with E-state index >= 15 is 0 Å². The van der Waals surface area contributed by atoms with Crippen LogP contribution in [0.2, 0.25) is 0 Å². The number of aliphatic hydroxyl groups is 1. The first kappa shape index (κ1) is 17.4. The van der Waals surface area contributed by atoms with Crippen molar-refractivity contribution in [3.63, 3.8) is 0 Å². The molecule has 0 aromatic rings. The standard InChI is InChI=1S/C15H31N3O2/c1-11(6-5-7-12(2)16)15(20)18-10-14(19)8-13(18)9-17(3)4/h11-14,19H,5-10,16H2,1-4H3. The van der Waals surface area contributed by atoms with Gasteiger partial charge in [-0.2, -0.15) is 0 Å². The van der Waals surface area contributed by atoms with Gasteiger partial charge in [0.2, 0.25) is 5.91 Å². The summed E-state index contributed by atoms with van der Waals surface area (Å²) in [6.45, 7) is 5.28. The highest BCUT2D eigenvalue weighted by Gasteiger charge is 2.35. The Labute approximate surface area is 123 Å². The van der Waals surface area contributed by atoms with Crippen LogP contribution in [0.15, 0.2) is 0 Å². The molecular formula is C15H31N3O2. The summed E-state index contributed by atoms with van der Waals surface area (Å²) in [7, 11) is 4.00. The van der Waals surface area contributed by atoms with E-state index in [1.807, 2.05) is 32.8 Å². The van der Waals surface area contributed by atoms with E-state index in [-0.39, 0.29) is 30.0 Å². The second-order valence-corrected chi connectivity index (χ2v) is 6.61. The number of nitrogens with two attached hydrogens (primary N) is 1. The first-order valence-electron chi connectivity index (χ1n) is 7.70. The quantitative estimate of drug-likeness (QED) is 0.721. The summed E-state index contributed by atoms with van der Waals surface area (Å²) in [6.07, 6.45) is 3.14. The van der Waals surface area contributed by atoms with Crippen LogP contribution in [0.25, 0.3) is 0 Å². The summed E-state index contributed by atoms with van der Waals surface area (Å²) >= 11 is 0. The van der Waals surface area contributed by atoms with Crippen LogP contribution in [0.4, 0.5) is 0 Å². The highest BCUT2D eigenvalue weighted by Crippen LogP contribution is 2.22. The number of aliphatic hydroxyl groups excluding tert-OH is 1. The molecule has 0 radical (unpaired) electrons. The summed E-state index contributed by atoms with van der Waals surface area (Å²) < 4.78 is 0. The lowest BCUT2D eigenvalue weighted by Crippen LogP contribution is -2.43. The van der Waals surface area contributed by atoms with Crippen molar-refractivity contribution < 1.29 is 9.90 Å². The molecule has 4 unspecified atom stereocenters. The molecule has 1 heterocycles. The number of nitrogens with zero attached hydrogens (tertiary/aromatic N) is 2. The molecule has 118 valence electrons. The number of hydrogen-bond acceptors (Lipinski definition) is 4. The normalized spacial score (nSPS) is 26.1. The van der Waals surface area contributed by atoms with E-state index in [1.54, 1.807) is 0 Å². The average Bonchev–Trinajstić information content (AvgIpc) is 2.67. The molecule has 4 atom stereocenters. The Hall–Kier alpha value is -0.650. The van der Waals surface area contributed by atoms with Crippen molar-refractivity contribution in [2.24, 2.45) is 11.7 Å². The maximum Gasteiger partial charge on any atom is 0.225 e. The minimum absolute atomic E-state index is 0.0173. The molecule has 0 aromatic carbocycles. The first-order chi connectivity index (χ1) is 9.31. The maximum atomic E-state index is 12.5. The topological polar surface area (TPSA) is 69.8 Å². The molecule has 1 saturated heterocycles. The predicted molar refractivity (Wildman–Crippen MR) is 81.3 cm³/mol. The molecule has 20 heavy (non-hydrogen) atoms. The van der Waals surface area contributed by atoms with E-state index in [2.05, 4.69) is 4.90 Å². The van der Waals surface area contributed by atoms with Gasteiger partial charge >= 0.3 is 0 Å². The summed E-state index contributed by atoms with van der Waals surface area (Å²) in [5.41, 5.74) is 5.74. The minimum Gasteiger partial charge on any atom is -0.391 e. The summed E-state index contributed by atoms with van der Waals surface area (Å²) in [6, 6.07) is 0.343. The molecule has 1 rings (SSSR count). The number of carbonyl (C=O) groups excluding carboxylic acids is 1. The fourth-order valence-corrected chi connectivity index (χ4v) is 2.91. The van der Waals surface area contributed by atoms with Crippen molar-refractivity contribution in [3.05, 3.63) is 0 Å². The number of carbonyl (C=O) groups is 1. The van der Waals surface area contributed by atoms with Crippen molar-refractivity contribution in [3.8, 4) is 0 Å². The van der Waals surface area contributed by atoms with Crippen molar-refractivity contribution in [2.75, 3.05) is 27.2 Å². The molecule has 1 aliphatic heterocycles. The Morgan fingerprint density at radius 2 is 2.05 bits per heavy atom. The van der Waals surface area contributed by atoms with Gasteiger partial charge in [-0.1, -0.05) is 13.3 Å². The van der Waals surface area contributed by atoms with Crippen LogP contribution in [0.3, 0.4) is 0 Å². The molecule has 1 fully saturated rings. The summed E-state index contributed by atoms with van der Waals surface area (Å²) in [4.78, 5) is 16.5. The van der Waals surface area contributed by atoms with Gasteiger partial charge in [-0.05, 0) is 40.3 Å². The van der Waals surface area contributed by atoms with Crippen molar-refractivity contribution in [1.82, 2.24) is 9.80 Å². The largest absolute Gasteiger partial charge is 0.391 e. The smallest absolute Gasteiger partial charge is 0.225 e. The Bertz CT molecular complexity index is 307. The average molecular weight is 285 g/mol. The Balaban J connectivity index is 2.50. The van der Waals surface area contributed by atoms with Crippen molar-refractivity contribution >= 4 is 5.91 Å². The lowest BCUT2D eigenvalue weighted by Gasteiger charge is -2.29. The third kappa shape index (κ3) is 5.38. The van der Waals surface area contributed by atoms with Gasteiger partial charge in [0.05, 0.1) is 6.10 Å². The zero-order valence-corrected chi connectivity index (χ0v) is 13.4. The van der Waals surface area contributed by atoms with Crippen LogP contribution in [0.5, 0.6) is 0 Å². The summed E-state index contributed by atoms with van der Waals surface area (Å²) in [5.74, 6) is 0.196. The number of rotatable bonds is 7. The fourth-order valence-electron chi connectivity index (χ4n) is 2.91. The predicted octanol–water partition coefficient (Wildman–Crippen LogP) is 0.663. The Morgan fingerprint density at radius 3 is 2.60 bits per heavy atom. The number of amides is 1. The van der Waals surface area contributed by atoms with E-state index < -0.39 is 0 Å². The molecule has 0 aromatic heterocycles. The SMILES string of the molecule is CC(N)CCCC(C)C(=O)N1CC(O)CC1CN(C)C. The first-order valence-corrected chi connectivity index (χ1v) is 7.70. The lowest BCUT2D eigenvalue weighted by atomic mass is 10.0. The third-order valence-corrected chi connectivity index (χ3v) is 3.97. The number of likely N-dealkylation sites (N-methyl/N-ethyl adjacent to an activating group) is 1.